The molecule has 1 amide bonds. The van der Waals surface area contributed by atoms with E-state index in [0.29, 0.717) is 18.7 Å². The lowest BCUT2D eigenvalue weighted by atomic mass is 10.2. The molecule has 2 rings (SSSR count). The molecule has 7 heteroatoms. The Morgan fingerprint density at radius 1 is 1.04 bits per heavy atom. The van der Waals surface area contributed by atoms with Gasteiger partial charge in [-0.3, -0.25) is 4.79 Å². The van der Waals surface area contributed by atoms with Crippen molar-refractivity contribution in [2.75, 3.05) is 27.2 Å². The molecule has 25 heavy (non-hydrogen) atoms. The van der Waals surface area contributed by atoms with Gasteiger partial charge in [0.1, 0.15) is 12.4 Å². The van der Waals surface area contributed by atoms with Gasteiger partial charge in [0.15, 0.2) is 0 Å². The minimum Gasteiger partial charge on any atom is -0.492 e. The highest BCUT2D eigenvalue weighted by Crippen LogP contribution is 2.14. The van der Waals surface area contributed by atoms with Crippen LogP contribution in [0, 0.1) is 6.92 Å². The smallest absolute Gasteiger partial charge is 0.251 e. The van der Waals surface area contributed by atoms with Gasteiger partial charge in [0.2, 0.25) is 10.0 Å². The van der Waals surface area contributed by atoms with Crippen LogP contribution in [0.1, 0.15) is 15.9 Å². The highest BCUT2D eigenvalue weighted by Gasteiger charge is 2.17. The number of nitrogens with zero attached hydrogens (tertiary/aromatic N) is 1. The van der Waals surface area contributed by atoms with Crippen molar-refractivity contribution in [2.24, 2.45) is 0 Å². The number of carbonyl (C=O) groups excluding carboxylic acids is 1. The minimum atomic E-state index is -3.49. The lowest BCUT2D eigenvalue weighted by Gasteiger charge is -2.12. The van der Waals surface area contributed by atoms with Gasteiger partial charge in [-0.2, -0.15) is 0 Å². The van der Waals surface area contributed by atoms with Crippen molar-refractivity contribution in [2.45, 2.75) is 11.8 Å². The Kier molecular flexibility index (Phi) is 6.17. The number of aryl methyl sites for hydroxylation is 1. The van der Waals surface area contributed by atoms with Gasteiger partial charge < -0.3 is 10.1 Å². The van der Waals surface area contributed by atoms with E-state index in [1.165, 1.54) is 38.4 Å². The topological polar surface area (TPSA) is 75.7 Å². The number of amides is 1. The van der Waals surface area contributed by atoms with Gasteiger partial charge in [-0.1, -0.05) is 17.7 Å². The second-order valence-electron chi connectivity index (χ2n) is 5.73. The Hall–Kier alpha value is -2.38. The number of carbonyl (C=O) groups is 1. The molecule has 0 aliphatic rings. The maximum atomic E-state index is 12.1. The molecule has 0 aliphatic carbocycles. The van der Waals surface area contributed by atoms with Crippen LogP contribution in [0.25, 0.3) is 0 Å². The van der Waals surface area contributed by atoms with Gasteiger partial charge in [0.05, 0.1) is 11.4 Å². The van der Waals surface area contributed by atoms with Gasteiger partial charge >= 0.3 is 0 Å². The Morgan fingerprint density at radius 3 is 2.20 bits per heavy atom. The highest BCUT2D eigenvalue weighted by atomic mass is 32.2. The molecule has 0 aliphatic heterocycles. The number of hydrogen-bond donors (Lipinski definition) is 1. The number of benzene rings is 2. The zero-order chi connectivity index (χ0) is 18.4. The van der Waals surface area contributed by atoms with Gasteiger partial charge in [0, 0.05) is 19.7 Å². The average molecular weight is 362 g/mol. The maximum Gasteiger partial charge on any atom is 0.251 e. The van der Waals surface area contributed by atoms with Crippen molar-refractivity contribution in [1.82, 2.24) is 9.62 Å². The molecule has 0 fully saturated rings. The van der Waals surface area contributed by atoms with Crippen LogP contribution in [0.4, 0.5) is 0 Å². The molecule has 2 aromatic carbocycles. The molecule has 0 bridgehead atoms. The third-order valence-corrected chi connectivity index (χ3v) is 5.40. The van der Waals surface area contributed by atoms with Crippen LogP contribution in [0.5, 0.6) is 5.75 Å². The summed E-state index contributed by atoms with van der Waals surface area (Å²) in [4.78, 5) is 12.2. The van der Waals surface area contributed by atoms with Gasteiger partial charge in [-0.05, 0) is 43.3 Å². The zero-order valence-electron chi connectivity index (χ0n) is 14.5. The molecular weight excluding hydrogens is 340 g/mol. The predicted molar refractivity (Wildman–Crippen MR) is 96.3 cm³/mol. The molecule has 134 valence electrons. The molecule has 0 unspecified atom stereocenters. The van der Waals surface area contributed by atoms with Crippen molar-refractivity contribution >= 4 is 15.9 Å². The molecule has 0 spiro atoms. The Morgan fingerprint density at radius 2 is 1.64 bits per heavy atom. The molecular formula is C18H22N2O4S. The predicted octanol–water partition coefficient (Wildman–Crippen LogP) is 2.05. The molecule has 0 radical (unpaired) electrons. The monoisotopic (exact) mass is 362 g/mol. The van der Waals surface area contributed by atoms with E-state index in [4.69, 9.17) is 4.74 Å². The van der Waals surface area contributed by atoms with Crippen LogP contribution < -0.4 is 10.1 Å². The summed E-state index contributed by atoms with van der Waals surface area (Å²) in [6.45, 7) is 2.70. The SMILES string of the molecule is Cc1ccc(OCCNC(=O)c2ccc(S(=O)(=O)N(C)C)cc2)cc1. The largest absolute Gasteiger partial charge is 0.492 e. The van der Waals surface area contributed by atoms with Gasteiger partial charge in [-0.25, -0.2) is 12.7 Å². The first-order chi connectivity index (χ1) is 11.8. The van der Waals surface area contributed by atoms with Crippen LogP contribution in [0.2, 0.25) is 0 Å². The molecule has 0 aromatic heterocycles. The normalized spacial score (nSPS) is 11.4. The fraction of sp³-hybridized carbons (Fsp3) is 0.278. The van der Waals surface area contributed by atoms with Crippen molar-refractivity contribution in [1.29, 1.82) is 0 Å². The first-order valence-electron chi connectivity index (χ1n) is 7.81. The van der Waals surface area contributed by atoms with E-state index >= 15 is 0 Å². The minimum absolute atomic E-state index is 0.150. The van der Waals surface area contributed by atoms with Crippen LogP contribution >= 0.6 is 0 Å². The Bertz CT molecular complexity index is 813. The summed E-state index contributed by atoms with van der Waals surface area (Å²) < 4.78 is 30.6. The van der Waals surface area contributed by atoms with E-state index in [-0.39, 0.29) is 10.8 Å². The lowest BCUT2D eigenvalue weighted by Crippen LogP contribution is -2.28. The summed E-state index contributed by atoms with van der Waals surface area (Å²) >= 11 is 0. The number of ether oxygens (including phenoxy) is 1. The average Bonchev–Trinajstić information content (AvgIpc) is 2.60. The summed E-state index contributed by atoms with van der Waals surface area (Å²) in [5, 5.41) is 2.74. The summed E-state index contributed by atoms with van der Waals surface area (Å²) in [5.74, 6) is 0.472. The number of rotatable bonds is 7. The quantitative estimate of drug-likeness (QED) is 0.765. The summed E-state index contributed by atoms with van der Waals surface area (Å²) in [5.41, 5.74) is 1.55. The summed E-state index contributed by atoms with van der Waals surface area (Å²) in [6, 6.07) is 13.5. The summed E-state index contributed by atoms with van der Waals surface area (Å²) in [7, 11) is -0.568. The van der Waals surface area contributed by atoms with Crippen LogP contribution in [-0.4, -0.2) is 45.9 Å². The van der Waals surface area contributed by atoms with E-state index in [1.807, 2.05) is 31.2 Å². The number of sulfonamides is 1. The third kappa shape index (κ3) is 5.04. The van der Waals surface area contributed by atoms with Crippen LogP contribution in [0.3, 0.4) is 0 Å². The third-order valence-electron chi connectivity index (χ3n) is 3.57. The van der Waals surface area contributed by atoms with Crippen molar-refractivity contribution in [3.63, 3.8) is 0 Å². The molecule has 2 aromatic rings. The number of hydrogen-bond acceptors (Lipinski definition) is 4. The molecule has 0 atom stereocenters. The van der Waals surface area contributed by atoms with Crippen LogP contribution in [0.15, 0.2) is 53.4 Å². The van der Waals surface area contributed by atoms with E-state index in [1.54, 1.807) is 0 Å². The highest BCUT2D eigenvalue weighted by molar-refractivity contribution is 7.89. The van der Waals surface area contributed by atoms with Crippen molar-refractivity contribution in [3.05, 3.63) is 59.7 Å². The van der Waals surface area contributed by atoms with E-state index in [2.05, 4.69) is 5.32 Å². The molecule has 0 heterocycles. The molecule has 0 saturated heterocycles. The number of nitrogens with one attached hydrogen (secondary N) is 1. The fourth-order valence-electron chi connectivity index (χ4n) is 2.06. The maximum absolute atomic E-state index is 12.1. The Labute approximate surface area is 148 Å². The fourth-order valence-corrected chi connectivity index (χ4v) is 2.96. The Balaban J connectivity index is 1.85. The first kappa shape index (κ1) is 19.0. The second-order valence-corrected chi connectivity index (χ2v) is 7.88. The van der Waals surface area contributed by atoms with Gasteiger partial charge in [-0.15, -0.1) is 0 Å². The summed E-state index contributed by atoms with van der Waals surface area (Å²) in [6.07, 6.45) is 0. The second kappa shape index (κ2) is 8.13. The van der Waals surface area contributed by atoms with Gasteiger partial charge in [0.25, 0.3) is 5.91 Å². The molecule has 6 nitrogen and oxygen atoms in total. The van der Waals surface area contributed by atoms with Crippen molar-refractivity contribution in [3.8, 4) is 5.75 Å². The van der Waals surface area contributed by atoms with Crippen LogP contribution in [-0.2, 0) is 10.0 Å². The lowest BCUT2D eigenvalue weighted by molar-refractivity contribution is 0.0947. The van der Waals surface area contributed by atoms with E-state index in [0.717, 1.165) is 15.6 Å². The van der Waals surface area contributed by atoms with Crippen molar-refractivity contribution < 1.29 is 17.9 Å². The zero-order valence-corrected chi connectivity index (χ0v) is 15.3. The first-order valence-corrected chi connectivity index (χ1v) is 9.25. The van der Waals surface area contributed by atoms with E-state index < -0.39 is 10.0 Å². The van der Waals surface area contributed by atoms with E-state index in [9.17, 15) is 13.2 Å². The molecule has 0 saturated carbocycles. The standard InChI is InChI=1S/C18H22N2O4S/c1-14-4-8-16(9-5-14)24-13-12-19-18(21)15-6-10-17(11-7-15)25(22,23)20(2)3/h4-11H,12-13H2,1-3H3,(H,19,21). The molecule has 1 N–H and O–H groups in total.